The molecule has 1 atom stereocenters. The van der Waals surface area contributed by atoms with Crippen molar-refractivity contribution in [3.63, 3.8) is 0 Å². The summed E-state index contributed by atoms with van der Waals surface area (Å²) in [7, 11) is 0. The Labute approximate surface area is 227 Å². The maximum absolute atomic E-state index is 13.9. The number of thioether (sulfide) groups is 1. The third kappa shape index (κ3) is 5.25. The predicted octanol–water partition coefficient (Wildman–Crippen LogP) is 7.32. The highest BCUT2D eigenvalue weighted by Gasteiger charge is 2.23. The number of hydrogen-bond acceptors (Lipinski definition) is 4. The van der Waals surface area contributed by atoms with Crippen LogP contribution in [-0.2, 0) is 11.2 Å². The van der Waals surface area contributed by atoms with Crippen LogP contribution in [0.15, 0.2) is 65.8 Å². The number of carbonyl (C=O) groups is 1. The minimum Gasteiger partial charge on any atom is -0.349 e. The predicted molar refractivity (Wildman–Crippen MR) is 143 cm³/mol. The molecule has 5 nitrogen and oxygen atoms in total. The lowest BCUT2D eigenvalue weighted by atomic mass is 9.88. The van der Waals surface area contributed by atoms with Gasteiger partial charge in [0.05, 0.1) is 27.5 Å². The fourth-order valence-electron chi connectivity index (χ4n) is 4.34. The highest BCUT2D eigenvalue weighted by atomic mass is 35.5. The third-order valence-electron chi connectivity index (χ3n) is 6.00. The first-order valence-electron chi connectivity index (χ1n) is 11.3. The highest BCUT2D eigenvalue weighted by Crippen LogP contribution is 2.35. The minimum absolute atomic E-state index is 0.0136. The van der Waals surface area contributed by atoms with E-state index in [0.717, 1.165) is 19.3 Å². The van der Waals surface area contributed by atoms with Crippen LogP contribution in [0.4, 0.5) is 4.39 Å². The number of aromatic nitrogens is 3. The van der Waals surface area contributed by atoms with Crippen LogP contribution in [0.3, 0.4) is 0 Å². The summed E-state index contributed by atoms with van der Waals surface area (Å²) >= 11 is 19.8. The average Bonchev–Trinajstić information content (AvgIpc) is 3.28. The summed E-state index contributed by atoms with van der Waals surface area (Å²) in [5.74, 6) is -0.107. The molecule has 0 bridgehead atoms. The summed E-state index contributed by atoms with van der Waals surface area (Å²) in [6.45, 7) is 0. The number of amides is 1. The zero-order valence-corrected chi connectivity index (χ0v) is 21.9. The van der Waals surface area contributed by atoms with Gasteiger partial charge in [-0.25, -0.2) is 4.39 Å². The molecule has 5 rings (SSSR count). The minimum atomic E-state index is -0.541. The van der Waals surface area contributed by atoms with Crippen molar-refractivity contribution < 1.29 is 9.18 Å². The van der Waals surface area contributed by atoms with Gasteiger partial charge in [0.15, 0.2) is 11.0 Å². The Morgan fingerprint density at radius 2 is 1.89 bits per heavy atom. The van der Waals surface area contributed by atoms with Crippen molar-refractivity contribution in [2.45, 2.75) is 30.5 Å². The fourth-order valence-corrected chi connectivity index (χ4v) is 5.77. The number of halogens is 4. The molecule has 1 N–H and O–H groups in total. The molecule has 10 heteroatoms. The largest absolute Gasteiger partial charge is 0.349 e. The van der Waals surface area contributed by atoms with E-state index >= 15 is 0 Å². The van der Waals surface area contributed by atoms with Gasteiger partial charge in [0, 0.05) is 10.6 Å². The topological polar surface area (TPSA) is 59.8 Å². The molecule has 1 aliphatic rings. The highest BCUT2D eigenvalue weighted by molar-refractivity contribution is 7.99. The van der Waals surface area contributed by atoms with E-state index in [1.807, 2.05) is 12.1 Å². The SMILES string of the molecule is O=C(CSc1nnc(-c2ccc(Cl)cc2Cl)n1-c1ccc(F)c(Cl)c1)NC1CCCc2ccccc21. The van der Waals surface area contributed by atoms with E-state index < -0.39 is 5.82 Å². The number of rotatable bonds is 6. The number of fused-ring (bicyclic) bond motifs is 1. The van der Waals surface area contributed by atoms with Crippen LogP contribution in [0.2, 0.25) is 15.1 Å². The van der Waals surface area contributed by atoms with E-state index in [1.165, 1.54) is 35.0 Å². The molecule has 1 heterocycles. The van der Waals surface area contributed by atoms with Gasteiger partial charge in [0.1, 0.15) is 5.82 Å². The summed E-state index contributed by atoms with van der Waals surface area (Å²) in [5.41, 5.74) is 3.57. The van der Waals surface area contributed by atoms with Crippen molar-refractivity contribution in [1.29, 1.82) is 0 Å². The van der Waals surface area contributed by atoms with Crippen LogP contribution in [0.25, 0.3) is 17.1 Å². The maximum Gasteiger partial charge on any atom is 0.230 e. The lowest BCUT2D eigenvalue weighted by Crippen LogP contribution is -2.32. The second kappa shape index (κ2) is 10.8. The Kier molecular flexibility index (Phi) is 7.53. The number of aryl methyl sites for hydroxylation is 1. The number of benzene rings is 3. The molecule has 0 fully saturated rings. The van der Waals surface area contributed by atoms with Crippen molar-refractivity contribution in [1.82, 2.24) is 20.1 Å². The van der Waals surface area contributed by atoms with E-state index in [0.29, 0.717) is 32.3 Å². The molecule has 1 aliphatic carbocycles. The second-order valence-corrected chi connectivity index (χ2v) is 10.6. The first kappa shape index (κ1) is 25.1. The lowest BCUT2D eigenvalue weighted by Gasteiger charge is -2.26. The van der Waals surface area contributed by atoms with E-state index in [9.17, 15) is 9.18 Å². The van der Waals surface area contributed by atoms with Crippen molar-refractivity contribution in [2.24, 2.45) is 0 Å². The summed E-state index contributed by atoms with van der Waals surface area (Å²) in [6, 6.07) is 17.6. The van der Waals surface area contributed by atoms with Crippen molar-refractivity contribution >= 4 is 52.5 Å². The first-order chi connectivity index (χ1) is 17.4. The first-order valence-corrected chi connectivity index (χ1v) is 13.4. The molecular formula is C26H20Cl3FN4OS. The number of nitrogens with zero attached hydrogens (tertiary/aromatic N) is 3. The van der Waals surface area contributed by atoms with Gasteiger partial charge in [0.25, 0.3) is 0 Å². The molecule has 184 valence electrons. The number of hydrogen-bond donors (Lipinski definition) is 1. The number of carbonyl (C=O) groups excluding carboxylic acids is 1. The summed E-state index contributed by atoms with van der Waals surface area (Å²) in [5, 5.41) is 13.0. The normalized spacial score (nSPS) is 14.9. The second-order valence-electron chi connectivity index (χ2n) is 8.36. The van der Waals surface area contributed by atoms with E-state index in [-0.39, 0.29) is 22.7 Å². The Morgan fingerprint density at radius 3 is 2.69 bits per heavy atom. The standard InChI is InChI=1S/C26H20Cl3FN4OS/c27-16-8-10-19(20(28)12-16)25-32-33-26(34(25)17-9-11-22(30)21(29)13-17)36-14-24(35)31-23-7-3-5-15-4-1-2-6-18(15)23/h1-2,4,6,8-13,23H,3,5,7,14H2,(H,31,35). The Bertz CT molecular complexity index is 1440. The van der Waals surface area contributed by atoms with E-state index in [4.69, 9.17) is 34.8 Å². The van der Waals surface area contributed by atoms with E-state index in [1.54, 1.807) is 28.8 Å². The van der Waals surface area contributed by atoms with Crippen LogP contribution < -0.4 is 5.32 Å². The molecule has 0 spiro atoms. The van der Waals surface area contributed by atoms with E-state index in [2.05, 4.69) is 27.6 Å². The molecule has 0 saturated carbocycles. The third-order valence-corrected chi connectivity index (χ3v) is 7.77. The van der Waals surface area contributed by atoms with Gasteiger partial charge in [-0.2, -0.15) is 0 Å². The smallest absolute Gasteiger partial charge is 0.230 e. The molecule has 36 heavy (non-hydrogen) atoms. The van der Waals surface area contributed by atoms with Gasteiger partial charge in [-0.05, 0) is 66.8 Å². The molecule has 1 unspecified atom stereocenters. The van der Waals surface area contributed by atoms with Crippen LogP contribution in [0.1, 0.15) is 30.0 Å². The zero-order valence-electron chi connectivity index (χ0n) is 18.8. The van der Waals surface area contributed by atoms with Crippen LogP contribution in [0.5, 0.6) is 0 Å². The molecule has 4 aromatic rings. The monoisotopic (exact) mass is 560 g/mol. The summed E-state index contributed by atoms with van der Waals surface area (Å²) in [4.78, 5) is 12.9. The fraction of sp³-hybridized carbons (Fsp3) is 0.192. The molecule has 1 amide bonds. The van der Waals surface area contributed by atoms with Gasteiger partial charge in [-0.3, -0.25) is 9.36 Å². The zero-order chi connectivity index (χ0) is 25.2. The molecule has 0 saturated heterocycles. The van der Waals surface area contributed by atoms with Gasteiger partial charge < -0.3 is 5.32 Å². The Hall–Kier alpha value is -2.58. The van der Waals surface area contributed by atoms with Crippen molar-refractivity contribution in [3.05, 3.63) is 92.7 Å². The number of nitrogens with one attached hydrogen (secondary N) is 1. The molecular weight excluding hydrogens is 542 g/mol. The van der Waals surface area contributed by atoms with Crippen LogP contribution in [0, 0.1) is 5.82 Å². The van der Waals surface area contributed by atoms with Crippen LogP contribution in [-0.4, -0.2) is 26.4 Å². The van der Waals surface area contributed by atoms with Gasteiger partial charge in [0.2, 0.25) is 5.91 Å². The molecule has 0 radical (unpaired) electrons. The van der Waals surface area contributed by atoms with Crippen molar-refractivity contribution in [2.75, 3.05) is 5.75 Å². The lowest BCUT2D eigenvalue weighted by molar-refractivity contribution is -0.119. The summed E-state index contributed by atoms with van der Waals surface area (Å²) < 4.78 is 15.6. The van der Waals surface area contributed by atoms with Gasteiger partial charge >= 0.3 is 0 Å². The quantitative estimate of drug-likeness (QED) is 0.251. The van der Waals surface area contributed by atoms with Crippen molar-refractivity contribution in [3.8, 4) is 17.1 Å². The average molecular weight is 562 g/mol. The summed E-state index contributed by atoms with van der Waals surface area (Å²) in [6.07, 6.45) is 2.95. The Morgan fingerprint density at radius 1 is 1.06 bits per heavy atom. The van der Waals surface area contributed by atoms with Crippen LogP contribution >= 0.6 is 46.6 Å². The van der Waals surface area contributed by atoms with Gasteiger partial charge in [-0.1, -0.05) is 70.8 Å². The van der Waals surface area contributed by atoms with Gasteiger partial charge in [-0.15, -0.1) is 10.2 Å². The maximum atomic E-state index is 13.9. The molecule has 3 aromatic carbocycles. The Balaban J connectivity index is 1.42. The molecule has 0 aliphatic heterocycles. The molecule has 1 aromatic heterocycles.